The molecule has 2 fully saturated rings. The van der Waals surface area contributed by atoms with Crippen LogP contribution in [0.4, 0.5) is 0 Å². The van der Waals surface area contributed by atoms with Crippen molar-refractivity contribution in [3.05, 3.63) is 35.9 Å². The van der Waals surface area contributed by atoms with Gasteiger partial charge in [0.25, 0.3) is 0 Å². The first-order valence-corrected chi connectivity index (χ1v) is 7.92. The van der Waals surface area contributed by atoms with E-state index in [4.69, 9.17) is 5.73 Å². The average Bonchev–Trinajstić information content (AvgIpc) is 3.04. The molecule has 0 radical (unpaired) electrons. The lowest BCUT2D eigenvalue weighted by atomic mass is 9.98. The zero-order valence-corrected chi connectivity index (χ0v) is 12.5. The third-order valence-electron chi connectivity index (χ3n) is 5.09. The van der Waals surface area contributed by atoms with Crippen molar-refractivity contribution in [3.8, 4) is 0 Å². The van der Waals surface area contributed by atoms with Gasteiger partial charge in [-0.1, -0.05) is 37.3 Å². The molecular weight excluding hydrogens is 246 g/mol. The second kappa shape index (κ2) is 5.84. The number of hydrogen-bond acceptors (Lipinski definition) is 3. The van der Waals surface area contributed by atoms with Gasteiger partial charge in [0, 0.05) is 31.7 Å². The maximum atomic E-state index is 6.08. The number of rotatable bonds is 6. The van der Waals surface area contributed by atoms with Crippen LogP contribution in [0.15, 0.2) is 30.3 Å². The average molecular weight is 273 g/mol. The maximum absolute atomic E-state index is 6.08. The summed E-state index contributed by atoms with van der Waals surface area (Å²) in [4.78, 5) is 2.53. The van der Waals surface area contributed by atoms with Crippen LogP contribution in [-0.2, 0) is 6.54 Å². The van der Waals surface area contributed by atoms with E-state index in [2.05, 4.69) is 47.5 Å². The normalized spacial score (nSPS) is 33.5. The minimum atomic E-state index is 0.150. The molecule has 1 aliphatic carbocycles. The van der Waals surface area contributed by atoms with Crippen molar-refractivity contribution in [1.82, 2.24) is 10.2 Å². The highest BCUT2D eigenvalue weighted by atomic mass is 15.2. The highest BCUT2D eigenvalue weighted by molar-refractivity contribution is 5.15. The van der Waals surface area contributed by atoms with E-state index in [1.165, 1.54) is 18.4 Å². The van der Waals surface area contributed by atoms with Crippen LogP contribution in [0.1, 0.15) is 25.3 Å². The van der Waals surface area contributed by atoms with Crippen LogP contribution < -0.4 is 11.1 Å². The van der Waals surface area contributed by atoms with Gasteiger partial charge in [0.2, 0.25) is 0 Å². The molecule has 0 spiro atoms. The van der Waals surface area contributed by atoms with Crippen LogP contribution in [0.5, 0.6) is 0 Å². The lowest BCUT2D eigenvalue weighted by molar-refractivity contribution is 0.275. The fraction of sp³-hybridized carbons (Fsp3) is 0.647. The van der Waals surface area contributed by atoms with E-state index in [0.717, 1.165) is 44.6 Å². The van der Waals surface area contributed by atoms with Gasteiger partial charge in [0.15, 0.2) is 0 Å². The van der Waals surface area contributed by atoms with E-state index in [0.29, 0.717) is 0 Å². The van der Waals surface area contributed by atoms with Crippen LogP contribution in [0.2, 0.25) is 0 Å². The number of benzene rings is 1. The second-order valence-electron chi connectivity index (χ2n) is 6.78. The van der Waals surface area contributed by atoms with Gasteiger partial charge in [0.05, 0.1) is 0 Å². The fourth-order valence-corrected chi connectivity index (χ4v) is 3.35. The Bertz CT molecular complexity index is 433. The first-order chi connectivity index (χ1) is 9.71. The van der Waals surface area contributed by atoms with Crippen LogP contribution in [0, 0.1) is 11.8 Å². The third kappa shape index (κ3) is 3.22. The summed E-state index contributed by atoms with van der Waals surface area (Å²) in [5.74, 6) is 1.81. The van der Waals surface area contributed by atoms with Gasteiger partial charge in [-0.2, -0.15) is 0 Å². The summed E-state index contributed by atoms with van der Waals surface area (Å²) in [5.41, 5.74) is 7.63. The fourth-order valence-electron chi connectivity index (χ4n) is 3.35. The van der Waals surface area contributed by atoms with E-state index in [-0.39, 0.29) is 5.54 Å². The Morgan fingerprint density at radius 1 is 1.35 bits per heavy atom. The quantitative estimate of drug-likeness (QED) is 0.831. The van der Waals surface area contributed by atoms with E-state index < -0.39 is 0 Å². The topological polar surface area (TPSA) is 41.3 Å². The van der Waals surface area contributed by atoms with Gasteiger partial charge in [0.1, 0.15) is 0 Å². The molecule has 0 amide bonds. The molecule has 0 aromatic heterocycles. The molecule has 1 aromatic carbocycles. The Balaban J connectivity index is 1.53. The van der Waals surface area contributed by atoms with Gasteiger partial charge in [-0.15, -0.1) is 0 Å². The molecule has 2 aliphatic rings. The molecule has 1 aromatic rings. The molecule has 3 heteroatoms. The maximum Gasteiger partial charge on any atom is 0.0445 e. The van der Waals surface area contributed by atoms with Crippen LogP contribution in [0.25, 0.3) is 0 Å². The lowest BCUT2D eigenvalue weighted by Gasteiger charge is -2.29. The SMILES string of the molecule is CC1CC1CNC1(CN)CCN(Cc2ccccc2)C1. The Morgan fingerprint density at radius 3 is 2.75 bits per heavy atom. The number of nitrogens with one attached hydrogen (secondary N) is 1. The van der Waals surface area contributed by atoms with Gasteiger partial charge < -0.3 is 11.1 Å². The van der Waals surface area contributed by atoms with Crippen molar-refractivity contribution in [3.63, 3.8) is 0 Å². The zero-order chi connectivity index (χ0) is 14.0. The summed E-state index contributed by atoms with van der Waals surface area (Å²) >= 11 is 0. The van der Waals surface area contributed by atoms with E-state index >= 15 is 0 Å². The van der Waals surface area contributed by atoms with Crippen molar-refractivity contribution in [2.45, 2.75) is 31.8 Å². The summed E-state index contributed by atoms with van der Waals surface area (Å²) < 4.78 is 0. The number of nitrogens with two attached hydrogens (primary N) is 1. The van der Waals surface area contributed by atoms with Gasteiger partial charge >= 0.3 is 0 Å². The Kier molecular flexibility index (Phi) is 4.11. The minimum Gasteiger partial charge on any atom is -0.329 e. The number of nitrogens with zero attached hydrogens (tertiary/aromatic N) is 1. The predicted molar refractivity (Wildman–Crippen MR) is 83.4 cm³/mol. The zero-order valence-electron chi connectivity index (χ0n) is 12.5. The molecule has 0 bridgehead atoms. The molecule has 1 saturated heterocycles. The summed E-state index contributed by atoms with van der Waals surface area (Å²) in [5, 5.41) is 3.79. The lowest BCUT2D eigenvalue weighted by Crippen LogP contribution is -2.53. The Labute approximate surface area is 122 Å². The third-order valence-corrected chi connectivity index (χ3v) is 5.09. The second-order valence-corrected chi connectivity index (χ2v) is 6.78. The molecule has 3 atom stereocenters. The highest BCUT2D eigenvalue weighted by Crippen LogP contribution is 2.37. The molecule has 3 nitrogen and oxygen atoms in total. The molecule has 1 saturated carbocycles. The van der Waals surface area contributed by atoms with Crippen molar-refractivity contribution in [2.24, 2.45) is 17.6 Å². The van der Waals surface area contributed by atoms with Crippen molar-refractivity contribution in [1.29, 1.82) is 0 Å². The van der Waals surface area contributed by atoms with Crippen LogP contribution in [-0.4, -0.2) is 36.6 Å². The van der Waals surface area contributed by atoms with Gasteiger partial charge in [-0.3, -0.25) is 4.90 Å². The first kappa shape index (κ1) is 14.1. The summed E-state index contributed by atoms with van der Waals surface area (Å²) in [6, 6.07) is 10.7. The first-order valence-electron chi connectivity index (χ1n) is 7.92. The smallest absolute Gasteiger partial charge is 0.0445 e. The molecule has 3 rings (SSSR count). The largest absolute Gasteiger partial charge is 0.329 e. The predicted octanol–water partition coefficient (Wildman–Crippen LogP) is 1.84. The van der Waals surface area contributed by atoms with Crippen LogP contribution >= 0.6 is 0 Å². The van der Waals surface area contributed by atoms with E-state index in [9.17, 15) is 0 Å². The van der Waals surface area contributed by atoms with Crippen molar-refractivity contribution >= 4 is 0 Å². The molecule has 1 heterocycles. The highest BCUT2D eigenvalue weighted by Gasteiger charge is 2.39. The van der Waals surface area contributed by atoms with Crippen molar-refractivity contribution < 1.29 is 0 Å². The molecule has 3 N–H and O–H groups in total. The summed E-state index contributed by atoms with van der Waals surface area (Å²) in [6.07, 6.45) is 2.57. The summed E-state index contributed by atoms with van der Waals surface area (Å²) in [6.45, 7) is 7.53. The van der Waals surface area contributed by atoms with Gasteiger partial charge in [-0.25, -0.2) is 0 Å². The molecule has 3 unspecified atom stereocenters. The number of likely N-dealkylation sites (tertiary alicyclic amines) is 1. The van der Waals surface area contributed by atoms with Gasteiger partial charge in [-0.05, 0) is 36.8 Å². The standard InChI is InChI=1S/C17H27N3/c1-14-9-16(14)10-19-17(12-18)7-8-20(13-17)11-15-5-3-2-4-6-15/h2-6,14,16,19H,7-13,18H2,1H3. The number of hydrogen-bond donors (Lipinski definition) is 2. The van der Waals surface area contributed by atoms with E-state index in [1.54, 1.807) is 0 Å². The summed E-state index contributed by atoms with van der Waals surface area (Å²) in [7, 11) is 0. The minimum absolute atomic E-state index is 0.150. The van der Waals surface area contributed by atoms with Crippen LogP contribution in [0.3, 0.4) is 0 Å². The monoisotopic (exact) mass is 273 g/mol. The Morgan fingerprint density at radius 2 is 2.10 bits per heavy atom. The van der Waals surface area contributed by atoms with E-state index in [1.807, 2.05) is 0 Å². The molecule has 1 aliphatic heterocycles. The van der Waals surface area contributed by atoms with Crippen molar-refractivity contribution in [2.75, 3.05) is 26.2 Å². The Hall–Kier alpha value is -0.900. The molecule has 20 heavy (non-hydrogen) atoms. The molecular formula is C17H27N3. The molecule has 110 valence electrons.